The summed E-state index contributed by atoms with van der Waals surface area (Å²) in [5, 5.41) is 14.5. The van der Waals surface area contributed by atoms with Crippen molar-refractivity contribution < 1.29 is 18.3 Å². The van der Waals surface area contributed by atoms with Gasteiger partial charge in [0.25, 0.3) is 0 Å². The fourth-order valence-electron chi connectivity index (χ4n) is 5.15. The molecule has 0 bridgehead atoms. The topological polar surface area (TPSA) is 60.2 Å². The summed E-state index contributed by atoms with van der Waals surface area (Å²) in [6.07, 6.45) is 15.2. The molecule has 0 aliphatic carbocycles. The number of unbranched alkanes of at least 4 members (excludes halogenated alkanes) is 1. The lowest BCUT2D eigenvalue weighted by molar-refractivity contribution is -0.0801. The van der Waals surface area contributed by atoms with Crippen LogP contribution in [0.1, 0.15) is 59.3 Å². The maximum absolute atomic E-state index is 12.7. The maximum atomic E-state index is 12.7. The summed E-state index contributed by atoms with van der Waals surface area (Å²) in [6, 6.07) is -0.993. The highest BCUT2D eigenvalue weighted by Crippen LogP contribution is 2.33. The van der Waals surface area contributed by atoms with Gasteiger partial charge in [-0.3, -0.25) is 4.99 Å². The van der Waals surface area contributed by atoms with E-state index < -0.39 is 17.8 Å². The Kier molecular flexibility index (Phi) is 10.4. The van der Waals surface area contributed by atoms with Crippen molar-refractivity contribution in [3.05, 3.63) is 72.2 Å². The molecule has 3 unspecified atom stereocenters. The van der Waals surface area contributed by atoms with Crippen molar-refractivity contribution in [1.82, 2.24) is 10.2 Å². The summed E-state index contributed by atoms with van der Waals surface area (Å²) in [7, 11) is 0. The molecule has 3 aliphatic rings. The lowest BCUT2D eigenvalue weighted by Gasteiger charge is -2.40. The molecule has 2 N–H and O–H groups in total. The van der Waals surface area contributed by atoms with E-state index in [9.17, 15) is 18.3 Å². The minimum absolute atomic E-state index is 0.246. The van der Waals surface area contributed by atoms with E-state index in [4.69, 9.17) is 4.99 Å². The average Bonchev–Trinajstić information content (AvgIpc) is 3.10. The summed E-state index contributed by atoms with van der Waals surface area (Å²) < 4.78 is 38.1. The number of allylic oxidation sites excluding steroid dienone is 7. The Morgan fingerprint density at radius 1 is 1.29 bits per heavy atom. The minimum atomic E-state index is -4.38. The number of nitrogens with zero attached hydrogens (tertiary/aromatic N) is 3. The third kappa shape index (κ3) is 8.32. The number of amidine groups is 1. The quantitative estimate of drug-likeness (QED) is 0.253. The molecule has 1 fully saturated rings. The molecule has 3 atom stereocenters. The van der Waals surface area contributed by atoms with Gasteiger partial charge >= 0.3 is 6.18 Å². The summed E-state index contributed by atoms with van der Waals surface area (Å²) in [6.45, 7) is 11.5. The van der Waals surface area contributed by atoms with Crippen LogP contribution >= 0.6 is 0 Å². The van der Waals surface area contributed by atoms with Gasteiger partial charge in [-0.15, -0.1) is 0 Å². The number of likely N-dealkylation sites (tertiary alicyclic amines) is 1. The molecule has 0 aromatic rings. The van der Waals surface area contributed by atoms with Crippen LogP contribution in [0.25, 0.3) is 0 Å². The first-order valence-electron chi connectivity index (χ1n) is 13.6. The second-order valence-electron chi connectivity index (χ2n) is 10.3. The first-order chi connectivity index (χ1) is 18.1. The van der Waals surface area contributed by atoms with Gasteiger partial charge in [-0.2, -0.15) is 13.2 Å². The van der Waals surface area contributed by atoms with Crippen LogP contribution < -0.4 is 5.32 Å². The average molecular weight is 531 g/mol. The monoisotopic (exact) mass is 530 g/mol. The Labute approximate surface area is 225 Å². The molecule has 0 radical (unpaired) electrons. The Morgan fingerprint density at radius 3 is 2.66 bits per heavy atom. The van der Waals surface area contributed by atoms with E-state index in [1.165, 1.54) is 5.57 Å². The van der Waals surface area contributed by atoms with Crippen molar-refractivity contribution in [2.75, 3.05) is 13.1 Å². The van der Waals surface area contributed by atoms with Gasteiger partial charge in [0.2, 0.25) is 0 Å². The van der Waals surface area contributed by atoms with Gasteiger partial charge in [-0.25, -0.2) is 4.99 Å². The molecule has 208 valence electrons. The number of alkyl halides is 3. The Balaban J connectivity index is 1.61. The normalized spacial score (nSPS) is 25.2. The van der Waals surface area contributed by atoms with Crippen molar-refractivity contribution in [2.24, 2.45) is 15.9 Å². The lowest BCUT2D eigenvalue weighted by atomic mass is 9.80. The lowest BCUT2D eigenvalue weighted by Crippen LogP contribution is -2.44. The highest BCUT2D eigenvalue weighted by molar-refractivity contribution is 6.16. The van der Waals surface area contributed by atoms with Crippen molar-refractivity contribution in [1.29, 1.82) is 0 Å². The Bertz CT molecular complexity index is 1040. The van der Waals surface area contributed by atoms with Crippen molar-refractivity contribution in [3.63, 3.8) is 0 Å². The van der Waals surface area contributed by atoms with Crippen LogP contribution in [0.4, 0.5) is 13.2 Å². The van der Waals surface area contributed by atoms with Crippen LogP contribution in [-0.2, 0) is 0 Å². The number of aliphatic hydroxyl groups is 1. The zero-order chi connectivity index (χ0) is 27.8. The first kappa shape index (κ1) is 29.7. The van der Waals surface area contributed by atoms with Crippen LogP contribution in [-0.4, -0.2) is 59.0 Å². The highest BCUT2D eigenvalue weighted by Gasteiger charge is 2.35. The minimum Gasteiger partial charge on any atom is -0.390 e. The van der Waals surface area contributed by atoms with E-state index in [-0.39, 0.29) is 18.0 Å². The number of hydrogen-bond acceptors (Lipinski definition) is 5. The van der Waals surface area contributed by atoms with Crippen LogP contribution in [0, 0.1) is 5.92 Å². The van der Waals surface area contributed by atoms with Crippen LogP contribution in [0.15, 0.2) is 82.1 Å². The number of nitrogens with one attached hydrogen (secondary N) is 1. The molecular weight excluding hydrogens is 489 g/mol. The predicted molar refractivity (Wildman–Crippen MR) is 150 cm³/mol. The fourth-order valence-corrected chi connectivity index (χ4v) is 5.15. The van der Waals surface area contributed by atoms with Gasteiger partial charge in [0.15, 0.2) is 0 Å². The van der Waals surface area contributed by atoms with Crippen molar-refractivity contribution >= 4 is 12.1 Å². The summed E-state index contributed by atoms with van der Waals surface area (Å²) in [5.41, 5.74) is 1.24. The SMILES string of the molecule is C=C/C(=C\CCC)C(C)CC1(O)CCN(C2=CCC=C(C3=NC(/C=C/C(F)(F)F)C(/C=C\C)N3)C=N2)CC1. The zero-order valence-corrected chi connectivity index (χ0v) is 22.7. The molecule has 0 saturated carbocycles. The number of rotatable bonds is 10. The summed E-state index contributed by atoms with van der Waals surface area (Å²) in [5.74, 6) is 1.64. The molecule has 0 aromatic carbocycles. The smallest absolute Gasteiger partial charge is 0.390 e. The largest absolute Gasteiger partial charge is 0.409 e. The molecule has 0 aromatic heterocycles. The van der Waals surface area contributed by atoms with E-state index in [1.807, 2.05) is 31.2 Å². The van der Waals surface area contributed by atoms with Crippen LogP contribution in [0.3, 0.4) is 0 Å². The van der Waals surface area contributed by atoms with E-state index in [2.05, 4.69) is 41.7 Å². The number of aliphatic imine (C=N–C) groups is 2. The Hall–Kier alpha value is -2.87. The standard InChI is InChI=1S/C30H41F3N4O/c1-5-8-11-23(7-3)22(4)20-29(38)16-18-37(19-17-29)27-13-9-12-24(21-34-27)28-35-25(10-6-2)26(36-28)14-15-30(31,32)33/h6-7,10-15,21-22,25-26,38H,3,5,8-9,16-20H2,1-2,4H3,(H,35,36)/b10-6-,15-14+,23-11+. The molecule has 3 heterocycles. The number of piperidine rings is 1. The fraction of sp³-hybridized carbons (Fsp3) is 0.533. The molecule has 3 rings (SSSR count). The van der Waals surface area contributed by atoms with Crippen LogP contribution in [0.5, 0.6) is 0 Å². The molecule has 8 heteroatoms. The van der Waals surface area contributed by atoms with Crippen molar-refractivity contribution in [3.8, 4) is 0 Å². The molecule has 5 nitrogen and oxygen atoms in total. The zero-order valence-electron chi connectivity index (χ0n) is 22.7. The molecule has 38 heavy (non-hydrogen) atoms. The van der Waals surface area contributed by atoms with Gasteiger partial charge in [0.1, 0.15) is 11.7 Å². The van der Waals surface area contributed by atoms with Gasteiger partial charge < -0.3 is 15.3 Å². The molecule has 0 spiro atoms. The van der Waals surface area contributed by atoms with Gasteiger partial charge in [0, 0.05) is 31.0 Å². The number of halogens is 3. The second kappa shape index (κ2) is 13.3. The van der Waals surface area contributed by atoms with Gasteiger partial charge in [-0.1, -0.05) is 63.3 Å². The van der Waals surface area contributed by atoms with Crippen molar-refractivity contribution in [2.45, 2.75) is 83.2 Å². The summed E-state index contributed by atoms with van der Waals surface area (Å²) in [4.78, 5) is 11.4. The highest BCUT2D eigenvalue weighted by atomic mass is 19.4. The molecule has 0 amide bonds. The number of hydrogen-bond donors (Lipinski definition) is 2. The van der Waals surface area contributed by atoms with Gasteiger partial charge in [0.05, 0.1) is 17.7 Å². The van der Waals surface area contributed by atoms with E-state index in [1.54, 1.807) is 12.3 Å². The van der Waals surface area contributed by atoms with Gasteiger partial charge in [-0.05, 0) is 56.6 Å². The molecule has 3 aliphatic heterocycles. The van der Waals surface area contributed by atoms with E-state index in [0.29, 0.717) is 44.6 Å². The molecule has 1 saturated heterocycles. The first-order valence-corrected chi connectivity index (χ1v) is 13.6. The second-order valence-corrected chi connectivity index (χ2v) is 10.3. The third-order valence-corrected chi connectivity index (χ3v) is 7.26. The Morgan fingerprint density at radius 2 is 2.03 bits per heavy atom. The molecular formula is C30H41F3N4O. The maximum Gasteiger partial charge on any atom is 0.409 e. The third-order valence-electron chi connectivity index (χ3n) is 7.26. The summed E-state index contributed by atoms with van der Waals surface area (Å²) >= 11 is 0. The predicted octanol–water partition coefficient (Wildman–Crippen LogP) is 6.43. The van der Waals surface area contributed by atoms with E-state index in [0.717, 1.165) is 30.3 Å². The van der Waals surface area contributed by atoms with Crippen LogP contribution in [0.2, 0.25) is 0 Å². The van der Waals surface area contributed by atoms with E-state index >= 15 is 0 Å².